The summed E-state index contributed by atoms with van der Waals surface area (Å²) in [6.07, 6.45) is -0.928. The Morgan fingerprint density at radius 1 is 1.21 bits per heavy atom. The lowest BCUT2D eigenvalue weighted by molar-refractivity contribution is 0.0278. The number of aliphatic hydroxyl groups is 1. The molecule has 0 saturated heterocycles. The van der Waals surface area contributed by atoms with Gasteiger partial charge in [-0.2, -0.15) is 0 Å². The van der Waals surface area contributed by atoms with E-state index in [9.17, 15) is 9.90 Å². The van der Waals surface area contributed by atoms with Gasteiger partial charge < -0.3 is 25.3 Å². The van der Waals surface area contributed by atoms with E-state index in [1.807, 2.05) is 6.92 Å². The molecule has 1 unspecified atom stereocenters. The third-order valence-electron chi connectivity index (χ3n) is 4.46. The monoisotopic (exact) mass is 362 g/mol. The molecule has 6 nitrogen and oxygen atoms in total. The van der Waals surface area contributed by atoms with Crippen molar-refractivity contribution in [3.63, 3.8) is 0 Å². The molecule has 0 aromatic rings. The molecular weight excluding hydrogens is 324 g/mol. The largest absolute Gasteiger partial charge is 0.444 e. The van der Waals surface area contributed by atoms with E-state index in [1.165, 1.54) is 0 Å². The maximum atomic E-state index is 12.1. The van der Waals surface area contributed by atoms with Crippen LogP contribution in [0.5, 0.6) is 0 Å². The van der Waals surface area contributed by atoms with Crippen molar-refractivity contribution in [1.29, 1.82) is 0 Å². The molecule has 0 saturated carbocycles. The van der Waals surface area contributed by atoms with Gasteiger partial charge in [0.2, 0.25) is 0 Å². The highest BCUT2D eigenvalue weighted by Gasteiger charge is 2.42. The predicted octanol–water partition coefficient (Wildman–Crippen LogP) is 2.86. The zero-order valence-corrected chi connectivity index (χ0v) is 17.9. The minimum Gasteiger partial charge on any atom is -0.444 e. The molecule has 0 aliphatic heterocycles. The Morgan fingerprint density at radius 2 is 1.71 bits per heavy atom. The fourth-order valence-corrected chi connectivity index (χ4v) is 3.37. The van der Waals surface area contributed by atoms with Gasteiger partial charge in [0, 0.05) is 0 Å². The zero-order chi connectivity index (χ0) is 19.3. The molecule has 7 heteroatoms. The molecule has 0 bridgehead atoms. The molecule has 0 aliphatic rings. The van der Waals surface area contributed by atoms with Crippen molar-refractivity contribution in [2.24, 2.45) is 11.7 Å². The Balaban J connectivity index is 5.29. The summed E-state index contributed by atoms with van der Waals surface area (Å²) in [6, 6.07) is -0.562. The SMILES string of the molecule is C[C@@H](CN)[C@@H](O[Si](C)(C)C(C)(C)C)C(CO)NC(=O)OC(C)(C)C. The average molecular weight is 363 g/mol. The lowest BCUT2D eigenvalue weighted by atomic mass is 9.98. The van der Waals surface area contributed by atoms with Gasteiger partial charge in [-0.1, -0.05) is 27.7 Å². The van der Waals surface area contributed by atoms with Crippen molar-refractivity contribution in [2.45, 2.75) is 84.3 Å². The fourth-order valence-electron chi connectivity index (χ4n) is 1.94. The highest BCUT2D eigenvalue weighted by Crippen LogP contribution is 2.38. The summed E-state index contributed by atoms with van der Waals surface area (Å²) in [4.78, 5) is 12.1. The Morgan fingerprint density at radius 3 is 2.04 bits per heavy atom. The summed E-state index contributed by atoms with van der Waals surface area (Å²) in [5, 5.41) is 12.6. The van der Waals surface area contributed by atoms with Crippen LogP contribution in [0.15, 0.2) is 0 Å². The topological polar surface area (TPSA) is 93.8 Å². The van der Waals surface area contributed by atoms with Crippen molar-refractivity contribution < 1.29 is 19.1 Å². The minimum absolute atomic E-state index is 0.00814. The van der Waals surface area contributed by atoms with Crippen LogP contribution >= 0.6 is 0 Å². The maximum absolute atomic E-state index is 12.1. The number of hydrogen-bond donors (Lipinski definition) is 3. The number of aliphatic hydroxyl groups excluding tert-OH is 1. The lowest BCUT2D eigenvalue weighted by Crippen LogP contribution is -2.56. The Labute approximate surface area is 148 Å². The highest BCUT2D eigenvalue weighted by atomic mass is 28.4. The Hall–Kier alpha value is -0.633. The van der Waals surface area contributed by atoms with Gasteiger partial charge in [0.05, 0.1) is 18.8 Å². The van der Waals surface area contributed by atoms with Crippen molar-refractivity contribution in [3.8, 4) is 0 Å². The van der Waals surface area contributed by atoms with E-state index in [4.69, 9.17) is 14.9 Å². The van der Waals surface area contributed by atoms with Gasteiger partial charge in [0.15, 0.2) is 8.32 Å². The van der Waals surface area contributed by atoms with Gasteiger partial charge in [-0.25, -0.2) is 4.79 Å². The summed E-state index contributed by atoms with van der Waals surface area (Å²) >= 11 is 0. The van der Waals surface area contributed by atoms with Crippen LogP contribution in [0.4, 0.5) is 4.79 Å². The number of alkyl carbamates (subject to hydrolysis) is 1. The molecule has 0 aliphatic carbocycles. The minimum atomic E-state index is -2.08. The van der Waals surface area contributed by atoms with Gasteiger partial charge in [-0.15, -0.1) is 0 Å². The lowest BCUT2D eigenvalue weighted by Gasteiger charge is -2.43. The summed E-state index contributed by atoms with van der Waals surface area (Å²) in [5.41, 5.74) is 5.24. The zero-order valence-electron chi connectivity index (χ0n) is 16.9. The molecule has 144 valence electrons. The number of carbonyl (C=O) groups is 1. The predicted molar refractivity (Wildman–Crippen MR) is 101 cm³/mol. The second-order valence-electron chi connectivity index (χ2n) is 8.99. The van der Waals surface area contributed by atoms with E-state index in [0.29, 0.717) is 6.54 Å². The molecular formula is C17H38N2O4Si. The number of carbonyl (C=O) groups excluding carboxylic acids is 1. The van der Waals surface area contributed by atoms with Crippen LogP contribution in [0.25, 0.3) is 0 Å². The van der Waals surface area contributed by atoms with Gasteiger partial charge in [-0.05, 0) is 51.4 Å². The van der Waals surface area contributed by atoms with Gasteiger partial charge in [0.1, 0.15) is 5.60 Å². The van der Waals surface area contributed by atoms with E-state index in [1.54, 1.807) is 20.8 Å². The second kappa shape index (κ2) is 8.65. The molecule has 0 aromatic heterocycles. The van der Waals surface area contributed by atoms with Crippen LogP contribution in [0.2, 0.25) is 18.1 Å². The van der Waals surface area contributed by atoms with Crippen LogP contribution in [0.3, 0.4) is 0 Å². The van der Waals surface area contributed by atoms with Crippen LogP contribution in [0, 0.1) is 5.92 Å². The molecule has 0 fully saturated rings. The van der Waals surface area contributed by atoms with E-state index in [0.717, 1.165) is 0 Å². The quantitative estimate of drug-likeness (QED) is 0.606. The Kier molecular flexibility index (Phi) is 8.42. The van der Waals surface area contributed by atoms with Crippen LogP contribution in [-0.4, -0.2) is 50.4 Å². The third kappa shape index (κ3) is 7.50. The first-order chi connectivity index (χ1) is 10.6. The fraction of sp³-hybridized carbons (Fsp3) is 0.941. The van der Waals surface area contributed by atoms with Crippen LogP contribution in [-0.2, 0) is 9.16 Å². The first kappa shape index (κ1) is 23.4. The number of amides is 1. The van der Waals surface area contributed by atoms with Gasteiger partial charge in [-0.3, -0.25) is 0 Å². The number of ether oxygens (including phenoxy) is 1. The molecule has 4 N–H and O–H groups in total. The van der Waals surface area contributed by atoms with Gasteiger partial charge >= 0.3 is 6.09 Å². The first-order valence-electron chi connectivity index (χ1n) is 8.63. The van der Waals surface area contributed by atoms with Crippen molar-refractivity contribution in [2.75, 3.05) is 13.2 Å². The molecule has 1 amide bonds. The summed E-state index contributed by atoms with van der Waals surface area (Å²) < 4.78 is 11.8. The van der Waals surface area contributed by atoms with E-state index < -0.39 is 26.1 Å². The van der Waals surface area contributed by atoms with Crippen LogP contribution < -0.4 is 11.1 Å². The van der Waals surface area contributed by atoms with E-state index >= 15 is 0 Å². The molecule has 0 rings (SSSR count). The van der Waals surface area contributed by atoms with E-state index in [-0.39, 0.29) is 23.7 Å². The van der Waals surface area contributed by atoms with Crippen molar-refractivity contribution in [1.82, 2.24) is 5.32 Å². The standard InChI is InChI=1S/C17H38N2O4Si/c1-12(10-18)14(23-24(8,9)17(5,6)7)13(11-20)19-15(21)22-16(2,3)4/h12-14,20H,10-11,18H2,1-9H3,(H,19,21)/t12-,13?,14+/m0/s1. The van der Waals surface area contributed by atoms with Crippen LogP contribution in [0.1, 0.15) is 48.5 Å². The third-order valence-corrected chi connectivity index (χ3v) is 8.94. The summed E-state index contributed by atoms with van der Waals surface area (Å²) in [6.45, 7) is 18.3. The maximum Gasteiger partial charge on any atom is 0.408 e. The molecule has 0 heterocycles. The number of nitrogens with one attached hydrogen (secondary N) is 1. The molecule has 24 heavy (non-hydrogen) atoms. The first-order valence-corrected chi connectivity index (χ1v) is 11.5. The number of hydrogen-bond acceptors (Lipinski definition) is 5. The summed E-state index contributed by atoms with van der Waals surface area (Å²) in [7, 11) is -2.08. The normalized spacial score (nSPS) is 17.1. The smallest absolute Gasteiger partial charge is 0.408 e. The number of nitrogens with two attached hydrogens (primary N) is 1. The molecule has 3 atom stereocenters. The number of rotatable bonds is 7. The Bertz CT molecular complexity index is 402. The average Bonchev–Trinajstić information content (AvgIpc) is 2.38. The molecule has 0 aromatic carbocycles. The molecule has 0 radical (unpaired) electrons. The highest BCUT2D eigenvalue weighted by molar-refractivity contribution is 6.74. The second-order valence-corrected chi connectivity index (χ2v) is 13.7. The van der Waals surface area contributed by atoms with Crippen molar-refractivity contribution >= 4 is 14.4 Å². The van der Waals surface area contributed by atoms with Crippen molar-refractivity contribution in [3.05, 3.63) is 0 Å². The van der Waals surface area contributed by atoms with E-state index in [2.05, 4.69) is 39.2 Å². The van der Waals surface area contributed by atoms with Gasteiger partial charge in [0.25, 0.3) is 0 Å². The summed E-state index contributed by atoms with van der Waals surface area (Å²) in [5.74, 6) is -0.00814. The molecule has 0 spiro atoms.